The number of amides is 2. The predicted molar refractivity (Wildman–Crippen MR) is 103 cm³/mol. The van der Waals surface area contributed by atoms with E-state index in [4.69, 9.17) is 0 Å². The van der Waals surface area contributed by atoms with Crippen LogP contribution in [0.4, 0.5) is 10.5 Å². The van der Waals surface area contributed by atoms with Gasteiger partial charge < -0.3 is 15.5 Å². The number of piperidine rings is 1. The second-order valence-electron chi connectivity index (χ2n) is 7.45. The van der Waals surface area contributed by atoms with E-state index >= 15 is 0 Å². The maximum Gasteiger partial charge on any atom is 0.314 e. The average Bonchev–Trinajstić information content (AvgIpc) is 3.11. The lowest BCUT2D eigenvalue weighted by Gasteiger charge is -2.33. The lowest BCUT2D eigenvalue weighted by Crippen LogP contribution is -2.45. The van der Waals surface area contributed by atoms with E-state index in [1.807, 2.05) is 6.07 Å². The van der Waals surface area contributed by atoms with E-state index in [0.29, 0.717) is 12.0 Å². The Balaban J connectivity index is 1.30. The molecule has 1 aromatic rings. The molecule has 0 spiro atoms. The van der Waals surface area contributed by atoms with Gasteiger partial charge >= 0.3 is 6.03 Å². The summed E-state index contributed by atoms with van der Waals surface area (Å²) in [7, 11) is 0. The molecular formula is C20H32N4O. The predicted octanol–water partition coefficient (Wildman–Crippen LogP) is 2.69. The average molecular weight is 345 g/mol. The van der Waals surface area contributed by atoms with Gasteiger partial charge in [0.1, 0.15) is 0 Å². The van der Waals surface area contributed by atoms with Crippen molar-refractivity contribution in [2.75, 3.05) is 44.2 Å². The van der Waals surface area contributed by atoms with Crippen LogP contribution in [0.15, 0.2) is 30.3 Å². The van der Waals surface area contributed by atoms with Crippen LogP contribution in [0.25, 0.3) is 0 Å². The normalized spacial score (nSPS) is 24.3. The lowest BCUT2D eigenvalue weighted by atomic mass is 10.0. The first kappa shape index (κ1) is 18.1. The number of benzene rings is 1. The highest BCUT2D eigenvalue weighted by molar-refractivity contribution is 5.73. The van der Waals surface area contributed by atoms with Crippen molar-refractivity contribution in [3.8, 4) is 0 Å². The summed E-state index contributed by atoms with van der Waals surface area (Å²) in [6.45, 7) is 8.01. The Morgan fingerprint density at radius 3 is 2.76 bits per heavy atom. The van der Waals surface area contributed by atoms with Crippen LogP contribution < -0.4 is 15.5 Å². The second kappa shape index (κ2) is 9.09. The quantitative estimate of drug-likeness (QED) is 0.834. The minimum absolute atomic E-state index is 0.0252. The number of nitrogens with zero attached hydrogens (tertiary/aromatic N) is 2. The Hall–Kier alpha value is -1.75. The van der Waals surface area contributed by atoms with Crippen LogP contribution in [-0.4, -0.2) is 56.2 Å². The summed E-state index contributed by atoms with van der Waals surface area (Å²) in [5, 5.41) is 6.06. The van der Waals surface area contributed by atoms with E-state index in [0.717, 1.165) is 39.1 Å². The Morgan fingerprint density at radius 1 is 1.12 bits per heavy atom. The molecule has 2 atom stereocenters. The molecule has 2 aliphatic heterocycles. The standard InChI is InChI=1S/C20H32N4O/c1-17-7-5-6-12-23(17)14-11-21-20(25)22-15-18-10-13-24(16-18)19-8-3-2-4-9-19/h2-4,8-9,17-18H,5-7,10-16H2,1H3,(H2,21,22,25)/t17-,18+/m1/s1. The van der Waals surface area contributed by atoms with Crippen LogP contribution in [0.3, 0.4) is 0 Å². The number of hydrogen-bond acceptors (Lipinski definition) is 3. The highest BCUT2D eigenvalue weighted by Gasteiger charge is 2.23. The maximum atomic E-state index is 12.0. The molecule has 2 aliphatic rings. The van der Waals surface area contributed by atoms with Gasteiger partial charge in [-0.15, -0.1) is 0 Å². The molecule has 5 heteroatoms. The summed E-state index contributed by atoms with van der Waals surface area (Å²) in [6, 6.07) is 11.2. The van der Waals surface area contributed by atoms with Crippen molar-refractivity contribution in [1.29, 1.82) is 0 Å². The van der Waals surface area contributed by atoms with Gasteiger partial charge in [0.15, 0.2) is 0 Å². The molecule has 138 valence electrons. The zero-order chi connectivity index (χ0) is 17.5. The van der Waals surface area contributed by atoms with Gasteiger partial charge in [-0.3, -0.25) is 4.90 Å². The number of carbonyl (C=O) groups is 1. The fourth-order valence-corrected chi connectivity index (χ4v) is 3.97. The number of nitrogens with one attached hydrogen (secondary N) is 2. The Kier molecular flexibility index (Phi) is 6.56. The highest BCUT2D eigenvalue weighted by atomic mass is 16.2. The van der Waals surface area contributed by atoms with Crippen molar-refractivity contribution < 1.29 is 4.79 Å². The number of para-hydroxylation sites is 1. The van der Waals surface area contributed by atoms with Crippen molar-refractivity contribution in [2.24, 2.45) is 5.92 Å². The molecular weight excluding hydrogens is 312 g/mol. The molecule has 3 rings (SSSR count). The van der Waals surface area contributed by atoms with Crippen LogP contribution in [0.2, 0.25) is 0 Å². The third-order valence-corrected chi connectivity index (χ3v) is 5.58. The summed E-state index contributed by atoms with van der Waals surface area (Å²) in [4.78, 5) is 16.9. The number of urea groups is 1. The van der Waals surface area contributed by atoms with Crippen molar-refractivity contribution in [1.82, 2.24) is 15.5 Å². The zero-order valence-electron chi connectivity index (χ0n) is 15.4. The van der Waals surface area contributed by atoms with Gasteiger partial charge in [-0.1, -0.05) is 24.6 Å². The SMILES string of the molecule is C[C@@H]1CCCCN1CCNC(=O)NC[C@@H]1CCN(c2ccccc2)C1. The number of rotatable bonds is 6. The van der Waals surface area contributed by atoms with E-state index in [1.54, 1.807) is 0 Å². The molecule has 5 nitrogen and oxygen atoms in total. The first-order valence-electron chi connectivity index (χ1n) is 9.78. The highest BCUT2D eigenvalue weighted by Crippen LogP contribution is 2.22. The zero-order valence-corrected chi connectivity index (χ0v) is 15.4. The van der Waals surface area contributed by atoms with Gasteiger partial charge in [0.05, 0.1) is 0 Å². The van der Waals surface area contributed by atoms with Gasteiger partial charge in [0.25, 0.3) is 0 Å². The minimum Gasteiger partial charge on any atom is -0.371 e. The van der Waals surface area contributed by atoms with Crippen LogP contribution in [0.5, 0.6) is 0 Å². The summed E-state index contributed by atoms with van der Waals surface area (Å²) < 4.78 is 0. The fourth-order valence-electron chi connectivity index (χ4n) is 3.97. The van der Waals surface area contributed by atoms with Crippen molar-refractivity contribution in [3.05, 3.63) is 30.3 Å². The van der Waals surface area contributed by atoms with Crippen LogP contribution >= 0.6 is 0 Å². The minimum atomic E-state index is -0.0252. The molecule has 0 aliphatic carbocycles. The summed E-state index contributed by atoms with van der Waals surface area (Å²) in [5.41, 5.74) is 1.28. The van der Waals surface area contributed by atoms with Crippen LogP contribution in [-0.2, 0) is 0 Å². The molecule has 0 bridgehead atoms. The number of hydrogen-bond donors (Lipinski definition) is 2. The molecule has 25 heavy (non-hydrogen) atoms. The molecule has 0 unspecified atom stereocenters. The van der Waals surface area contributed by atoms with Gasteiger partial charge in [-0.2, -0.15) is 0 Å². The first-order valence-corrected chi connectivity index (χ1v) is 9.78. The third-order valence-electron chi connectivity index (χ3n) is 5.58. The van der Waals surface area contributed by atoms with E-state index in [9.17, 15) is 4.79 Å². The summed E-state index contributed by atoms with van der Waals surface area (Å²) in [6.07, 6.45) is 5.05. The van der Waals surface area contributed by atoms with E-state index < -0.39 is 0 Å². The molecule has 2 amide bonds. The molecule has 0 aromatic heterocycles. The number of likely N-dealkylation sites (tertiary alicyclic amines) is 1. The van der Waals surface area contributed by atoms with Crippen molar-refractivity contribution >= 4 is 11.7 Å². The maximum absolute atomic E-state index is 12.0. The fraction of sp³-hybridized carbons (Fsp3) is 0.650. The molecule has 0 radical (unpaired) electrons. The van der Waals surface area contributed by atoms with Crippen molar-refractivity contribution in [2.45, 2.75) is 38.6 Å². The molecule has 0 saturated carbocycles. The van der Waals surface area contributed by atoms with Crippen LogP contribution in [0.1, 0.15) is 32.6 Å². The molecule has 2 N–H and O–H groups in total. The van der Waals surface area contributed by atoms with E-state index in [1.165, 1.54) is 31.5 Å². The van der Waals surface area contributed by atoms with Gasteiger partial charge in [0, 0.05) is 44.5 Å². The second-order valence-corrected chi connectivity index (χ2v) is 7.45. The molecule has 2 saturated heterocycles. The molecule has 2 fully saturated rings. The van der Waals surface area contributed by atoms with Gasteiger partial charge in [-0.05, 0) is 50.8 Å². The number of carbonyl (C=O) groups excluding carboxylic acids is 1. The first-order chi connectivity index (χ1) is 12.2. The van der Waals surface area contributed by atoms with Gasteiger partial charge in [0.2, 0.25) is 0 Å². The summed E-state index contributed by atoms with van der Waals surface area (Å²) >= 11 is 0. The summed E-state index contributed by atoms with van der Waals surface area (Å²) in [5.74, 6) is 0.535. The molecule has 1 aromatic carbocycles. The Bertz CT molecular complexity index is 536. The Morgan fingerprint density at radius 2 is 1.96 bits per heavy atom. The molecule has 2 heterocycles. The topological polar surface area (TPSA) is 47.6 Å². The van der Waals surface area contributed by atoms with Gasteiger partial charge in [-0.25, -0.2) is 4.79 Å². The largest absolute Gasteiger partial charge is 0.371 e. The smallest absolute Gasteiger partial charge is 0.314 e. The third kappa shape index (κ3) is 5.36. The Labute approximate surface area is 151 Å². The monoisotopic (exact) mass is 344 g/mol. The van der Waals surface area contributed by atoms with Crippen LogP contribution in [0, 0.1) is 5.92 Å². The van der Waals surface area contributed by atoms with E-state index in [2.05, 4.69) is 51.6 Å². The van der Waals surface area contributed by atoms with E-state index in [-0.39, 0.29) is 6.03 Å². The van der Waals surface area contributed by atoms with Crippen molar-refractivity contribution in [3.63, 3.8) is 0 Å². The lowest BCUT2D eigenvalue weighted by molar-refractivity contribution is 0.161. The number of anilines is 1.